The smallest absolute Gasteiger partial charge is 0.323 e. The van der Waals surface area contributed by atoms with Gasteiger partial charge in [0.15, 0.2) is 0 Å². The van der Waals surface area contributed by atoms with Crippen molar-refractivity contribution in [1.29, 1.82) is 0 Å². The Bertz CT molecular complexity index is 953. The number of sulfonamides is 1. The van der Waals surface area contributed by atoms with Gasteiger partial charge in [0.05, 0.1) is 17.7 Å². The number of hydrogen-bond donors (Lipinski definition) is 3. The van der Waals surface area contributed by atoms with Gasteiger partial charge < -0.3 is 15.1 Å². The van der Waals surface area contributed by atoms with Gasteiger partial charge in [-0.1, -0.05) is 18.2 Å². The van der Waals surface area contributed by atoms with Gasteiger partial charge in [-0.25, -0.2) is 17.9 Å². The standard InChI is InChI=1S/C18H17N3O4S/c22-18(20-14-5-2-1-3-6-14)21-15-8-10-17(11-9-15)26(23,24)19-13-16-7-4-12-25-16/h1-12,19H,13H2,(H2,20,21,22). The summed E-state index contributed by atoms with van der Waals surface area (Å²) in [7, 11) is -3.67. The molecule has 8 heteroatoms. The van der Waals surface area contributed by atoms with Crippen LogP contribution in [0, 0.1) is 0 Å². The highest BCUT2D eigenvalue weighted by molar-refractivity contribution is 7.89. The third-order valence-electron chi connectivity index (χ3n) is 3.47. The first-order chi connectivity index (χ1) is 12.5. The van der Waals surface area contributed by atoms with E-state index in [2.05, 4.69) is 15.4 Å². The lowest BCUT2D eigenvalue weighted by molar-refractivity contribution is 0.262. The molecule has 2 amide bonds. The fraction of sp³-hybridized carbons (Fsp3) is 0.0556. The minimum absolute atomic E-state index is 0.0643. The second-order valence-electron chi connectivity index (χ2n) is 5.37. The predicted molar refractivity (Wildman–Crippen MR) is 98.3 cm³/mol. The van der Waals surface area contributed by atoms with Crippen molar-refractivity contribution < 1.29 is 17.6 Å². The van der Waals surface area contributed by atoms with E-state index in [9.17, 15) is 13.2 Å². The highest BCUT2D eigenvalue weighted by Gasteiger charge is 2.14. The van der Waals surface area contributed by atoms with Crippen LogP contribution < -0.4 is 15.4 Å². The molecule has 3 aromatic rings. The molecule has 0 spiro atoms. The van der Waals surface area contributed by atoms with Gasteiger partial charge in [0.1, 0.15) is 5.76 Å². The molecule has 0 saturated heterocycles. The van der Waals surface area contributed by atoms with Gasteiger partial charge in [-0.05, 0) is 48.5 Å². The van der Waals surface area contributed by atoms with Crippen molar-refractivity contribution >= 4 is 27.4 Å². The normalized spacial score (nSPS) is 11.1. The highest BCUT2D eigenvalue weighted by atomic mass is 32.2. The van der Waals surface area contributed by atoms with E-state index in [1.807, 2.05) is 18.2 Å². The second kappa shape index (κ2) is 7.85. The van der Waals surface area contributed by atoms with Gasteiger partial charge in [0, 0.05) is 11.4 Å². The molecule has 3 N–H and O–H groups in total. The molecule has 0 aliphatic rings. The third kappa shape index (κ3) is 4.71. The number of carbonyl (C=O) groups excluding carboxylic acids is 1. The molecule has 0 aliphatic heterocycles. The van der Waals surface area contributed by atoms with Gasteiger partial charge in [0.2, 0.25) is 10.0 Å². The maximum absolute atomic E-state index is 12.2. The zero-order valence-electron chi connectivity index (χ0n) is 13.7. The van der Waals surface area contributed by atoms with Gasteiger partial charge >= 0.3 is 6.03 Å². The minimum Gasteiger partial charge on any atom is -0.468 e. The Hall–Kier alpha value is -3.10. The van der Waals surface area contributed by atoms with Crippen LogP contribution in [0.4, 0.5) is 16.2 Å². The molecule has 0 aliphatic carbocycles. The van der Waals surface area contributed by atoms with Gasteiger partial charge in [-0.3, -0.25) is 0 Å². The van der Waals surface area contributed by atoms with Crippen LogP contribution in [-0.2, 0) is 16.6 Å². The highest BCUT2D eigenvalue weighted by Crippen LogP contribution is 2.15. The number of furan rings is 1. The molecule has 0 radical (unpaired) electrons. The average molecular weight is 371 g/mol. The van der Waals surface area contributed by atoms with E-state index in [0.29, 0.717) is 17.1 Å². The number of carbonyl (C=O) groups is 1. The largest absolute Gasteiger partial charge is 0.468 e. The molecule has 3 rings (SSSR count). The Kier molecular flexibility index (Phi) is 5.35. The van der Waals surface area contributed by atoms with Crippen LogP contribution in [0.3, 0.4) is 0 Å². The van der Waals surface area contributed by atoms with Crippen LogP contribution in [-0.4, -0.2) is 14.4 Å². The summed E-state index contributed by atoms with van der Waals surface area (Å²) < 4.78 is 32.0. The number of hydrogen-bond acceptors (Lipinski definition) is 4. The number of benzene rings is 2. The van der Waals surface area contributed by atoms with Crippen molar-refractivity contribution in [3.8, 4) is 0 Å². The van der Waals surface area contributed by atoms with E-state index in [-0.39, 0.29) is 11.4 Å². The fourth-order valence-electron chi connectivity index (χ4n) is 2.19. The lowest BCUT2D eigenvalue weighted by Crippen LogP contribution is -2.23. The number of anilines is 2. The van der Waals surface area contributed by atoms with Crippen molar-refractivity contribution in [3.05, 3.63) is 78.8 Å². The molecule has 7 nitrogen and oxygen atoms in total. The number of nitrogens with one attached hydrogen (secondary N) is 3. The first kappa shape index (κ1) is 17.7. The molecule has 0 unspecified atom stereocenters. The van der Waals surface area contributed by atoms with Gasteiger partial charge in [-0.15, -0.1) is 0 Å². The maximum atomic E-state index is 12.2. The van der Waals surface area contributed by atoms with E-state index in [1.54, 1.807) is 24.3 Å². The van der Waals surface area contributed by atoms with Crippen LogP contribution in [0.15, 0.2) is 82.3 Å². The first-order valence-electron chi connectivity index (χ1n) is 7.78. The SMILES string of the molecule is O=C(Nc1ccccc1)Nc1ccc(S(=O)(=O)NCc2ccco2)cc1. The maximum Gasteiger partial charge on any atom is 0.323 e. The minimum atomic E-state index is -3.67. The van der Waals surface area contributed by atoms with Crippen molar-refractivity contribution in [2.24, 2.45) is 0 Å². The van der Waals surface area contributed by atoms with Crippen LogP contribution in [0.5, 0.6) is 0 Å². The number of amides is 2. The number of urea groups is 1. The Balaban J connectivity index is 1.59. The summed E-state index contributed by atoms with van der Waals surface area (Å²) in [5, 5.41) is 5.32. The van der Waals surface area contributed by atoms with E-state index >= 15 is 0 Å². The molecule has 0 atom stereocenters. The van der Waals surface area contributed by atoms with Crippen molar-refractivity contribution in [2.45, 2.75) is 11.4 Å². The molecule has 134 valence electrons. The Morgan fingerprint density at radius 3 is 2.12 bits per heavy atom. The number of para-hydroxylation sites is 1. The summed E-state index contributed by atoms with van der Waals surface area (Å²) >= 11 is 0. The fourth-order valence-corrected chi connectivity index (χ4v) is 3.19. The average Bonchev–Trinajstić information content (AvgIpc) is 3.15. The Labute approximate surface area is 151 Å². The van der Waals surface area contributed by atoms with E-state index in [1.165, 1.54) is 30.5 Å². The monoisotopic (exact) mass is 371 g/mol. The summed E-state index contributed by atoms with van der Waals surface area (Å²) in [6.07, 6.45) is 1.48. The summed E-state index contributed by atoms with van der Waals surface area (Å²) in [4.78, 5) is 12.0. The molecule has 26 heavy (non-hydrogen) atoms. The van der Waals surface area contributed by atoms with E-state index < -0.39 is 16.1 Å². The molecule has 2 aromatic carbocycles. The molecular weight excluding hydrogens is 354 g/mol. The lowest BCUT2D eigenvalue weighted by Gasteiger charge is -2.09. The first-order valence-corrected chi connectivity index (χ1v) is 9.26. The number of rotatable bonds is 6. The summed E-state index contributed by atoms with van der Waals surface area (Å²) in [6.45, 7) is 0.0643. The van der Waals surface area contributed by atoms with Crippen LogP contribution in [0.2, 0.25) is 0 Å². The Morgan fingerprint density at radius 1 is 0.846 bits per heavy atom. The summed E-state index contributed by atoms with van der Waals surface area (Å²) in [6, 6.07) is 17.8. The topological polar surface area (TPSA) is 100 Å². The van der Waals surface area contributed by atoms with Crippen molar-refractivity contribution in [2.75, 3.05) is 10.6 Å². The molecular formula is C18H17N3O4S. The second-order valence-corrected chi connectivity index (χ2v) is 7.14. The third-order valence-corrected chi connectivity index (χ3v) is 4.89. The Morgan fingerprint density at radius 2 is 1.50 bits per heavy atom. The molecule has 1 aromatic heterocycles. The molecule has 1 heterocycles. The van der Waals surface area contributed by atoms with E-state index in [4.69, 9.17) is 4.42 Å². The summed E-state index contributed by atoms with van der Waals surface area (Å²) in [5.41, 5.74) is 1.13. The lowest BCUT2D eigenvalue weighted by atomic mass is 10.3. The van der Waals surface area contributed by atoms with E-state index in [0.717, 1.165) is 0 Å². The molecule has 0 saturated carbocycles. The van der Waals surface area contributed by atoms with Crippen LogP contribution in [0.1, 0.15) is 5.76 Å². The zero-order chi connectivity index (χ0) is 18.4. The quantitative estimate of drug-likeness (QED) is 0.618. The zero-order valence-corrected chi connectivity index (χ0v) is 14.5. The van der Waals surface area contributed by atoms with Crippen molar-refractivity contribution in [1.82, 2.24) is 4.72 Å². The summed E-state index contributed by atoms with van der Waals surface area (Å²) in [5.74, 6) is 0.518. The van der Waals surface area contributed by atoms with Gasteiger partial charge in [-0.2, -0.15) is 0 Å². The molecule has 0 bridgehead atoms. The van der Waals surface area contributed by atoms with Crippen LogP contribution in [0.25, 0.3) is 0 Å². The molecule has 0 fully saturated rings. The predicted octanol–water partition coefficient (Wildman–Crippen LogP) is 3.40. The van der Waals surface area contributed by atoms with Gasteiger partial charge in [0.25, 0.3) is 0 Å². The van der Waals surface area contributed by atoms with Crippen LogP contribution >= 0.6 is 0 Å². The van der Waals surface area contributed by atoms with Crippen molar-refractivity contribution in [3.63, 3.8) is 0 Å².